The zero-order valence-electron chi connectivity index (χ0n) is 12.1. The number of anilines is 1. The summed E-state index contributed by atoms with van der Waals surface area (Å²) in [5, 5.41) is 15.1. The van der Waals surface area contributed by atoms with Crippen LogP contribution >= 0.6 is 15.9 Å². The summed E-state index contributed by atoms with van der Waals surface area (Å²) in [6.07, 6.45) is 3.47. The number of nitro groups is 1. The van der Waals surface area contributed by atoms with Crippen LogP contribution in [0.1, 0.15) is 18.4 Å². The Morgan fingerprint density at radius 1 is 1.22 bits per heavy atom. The fourth-order valence-electron chi connectivity index (χ4n) is 2.26. The number of aliphatic imine (C=N–C) groups is 1. The number of halogens is 1. The third-order valence-electron chi connectivity index (χ3n) is 3.41. The standard InChI is InChI=1S/C16H13BrN4O2/c17-11-3-8-15-14(10-11)16(2-1-9-18-15)20-19-12-4-6-13(7-5-12)21(22)23/h3-10,19H,1-2H2. The second-order valence-electron chi connectivity index (χ2n) is 4.99. The van der Waals surface area contributed by atoms with Gasteiger partial charge in [0.05, 0.1) is 22.0 Å². The van der Waals surface area contributed by atoms with Gasteiger partial charge < -0.3 is 0 Å². The Kier molecular flexibility index (Phi) is 4.47. The van der Waals surface area contributed by atoms with Crippen LogP contribution in [0, 0.1) is 10.1 Å². The monoisotopic (exact) mass is 372 g/mol. The first-order chi connectivity index (χ1) is 11.1. The molecular formula is C16H13BrN4O2. The van der Waals surface area contributed by atoms with Gasteiger partial charge in [-0.05, 0) is 43.2 Å². The van der Waals surface area contributed by atoms with E-state index >= 15 is 0 Å². The van der Waals surface area contributed by atoms with Gasteiger partial charge in [0.1, 0.15) is 0 Å². The molecule has 0 amide bonds. The van der Waals surface area contributed by atoms with Crippen LogP contribution in [0.2, 0.25) is 0 Å². The number of non-ortho nitro benzene ring substituents is 1. The number of nitrogens with zero attached hydrogens (tertiary/aromatic N) is 3. The molecule has 1 aliphatic rings. The Labute approximate surface area is 141 Å². The van der Waals surface area contributed by atoms with Crippen molar-refractivity contribution in [1.29, 1.82) is 0 Å². The summed E-state index contributed by atoms with van der Waals surface area (Å²) >= 11 is 3.47. The van der Waals surface area contributed by atoms with Crippen molar-refractivity contribution in [3.8, 4) is 0 Å². The lowest BCUT2D eigenvalue weighted by atomic mass is 10.1. The molecule has 1 N–H and O–H groups in total. The molecule has 6 nitrogen and oxygen atoms in total. The topological polar surface area (TPSA) is 79.9 Å². The van der Waals surface area contributed by atoms with Crippen LogP contribution < -0.4 is 5.43 Å². The van der Waals surface area contributed by atoms with E-state index in [2.05, 4.69) is 31.4 Å². The molecule has 2 aromatic carbocycles. The lowest BCUT2D eigenvalue weighted by molar-refractivity contribution is -0.384. The smallest absolute Gasteiger partial charge is 0.269 e. The normalized spacial score (nSPS) is 15.1. The number of hydrazone groups is 1. The number of hydrogen-bond acceptors (Lipinski definition) is 5. The van der Waals surface area contributed by atoms with E-state index in [1.165, 1.54) is 12.1 Å². The highest BCUT2D eigenvalue weighted by atomic mass is 79.9. The van der Waals surface area contributed by atoms with Crippen LogP contribution in [-0.4, -0.2) is 16.8 Å². The molecular weight excluding hydrogens is 360 g/mol. The lowest BCUT2D eigenvalue weighted by Gasteiger charge is -2.08. The van der Waals surface area contributed by atoms with Crippen LogP contribution in [0.25, 0.3) is 0 Å². The Morgan fingerprint density at radius 2 is 2.00 bits per heavy atom. The quantitative estimate of drug-likeness (QED) is 0.627. The molecule has 1 heterocycles. The number of benzene rings is 2. The molecule has 7 heteroatoms. The lowest BCUT2D eigenvalue weighted by Crippen LogP contribution is -2.04. The second kappa shape index (κ2) is 6.70. The summed E-state index contributed by atoms with van der Waals surface area (Å²) in [6.45, 7) is 0. The molecule has 3 rings (SSSR count). The predicted octanol–water partition coefficient (Wildman–Crippen LogP) is 4.67. The summed E-state index contributed by atoms with van der Waals surface area (Å²) in [5.74, 6) is 0. The number of hydrogen-bond donors (Lipinski definition) is 1. The highest BCUT2D eigenvalue weighted by molar-refractivity contribution is 9.10. The molecule has 1 aliphatic heterocycles. The van der Waals surface area contributed by atoms with Gasteiger partial charge in [-0.25, -0.2) is 0 Å². The van der Waals surface area contributed by atoms with Gasteiger partial charge in [-0.2, -0.15) is 5.10 Å². The van der Waals surface area contributed by atoms with Gasteiger partial charge in [0.2, 0.25) is 0 Å². The van der Waals surface area contributed by atoms with E-state index < -0.39 is 4.92 Å². The largest absolute Gasteiger partial charge is 0.278 e. The average molecular weight is 373 g/mol. The molecule has 0 atom stereocenters. The second-order valence-corrected chi connectivity index (χ2v) is 5.90. The van der Waals surface area contributed by atoms with E-state index in [-0.39, 0.29) is 5.69 Å². The molecule has 0 saturated carbocycles. The zero-order valence-corrected chi connectivity index (χ0v) is 13.7. The fourth-order valence-corrected chi connectivity index (χ4v) is 2.62. The van der Waals surface area contributed by atoms with Crippen molar-refractivity contribution in [1.82, 2.24) is 0 Å². The molecule has 2 aromatic rings. The van der Waals surface area contributed by atoms with Crippen LogP contribution in [0.5, 0.6) is 0 Å². The van der Waals surface area contributed by atoms with Crippen molar-refractivity contribution in [3.63, 3.8) is 0 Å². The van der Waals surface area contributed by atoms with E-state index in [1.807, 2.05) is 24.4 Å². The minimum absolute atomic E-state index is 0.0559. The van der Waals surface area contributed by atoms with E-state index in [4.69, 9.17) is 0 Å². The molecule has 116 valence electrons. The molecule has 0 spiro atoms. The first kappa shape index (κ1) is 15.4. The third-order valence-corrected chi connectivity index (χ3v) is 3.90. The van der Waals surface area contributed by atoms with Gasteiger partial charge in [0.15, 0.2) is 0 Å². The van der Waals surface area contributed by atoms with E-state index in [0.717, 1.165) is 34.3 Å². The molecule has 23 heavy (non-hydrogen) atoms. The predicted molar refractivity (Wildman–Crippen MR) is 94.8 cm³/mol. The molecule has 0 unspecified atom stereocenters. The Hall–Kier alpha value is -2.54. The van der Waals surface area contributed by atoms with Crippen molar-refractivity contribution in [2.24, 2.45) is 10.1 Å². The first-order valence-corrected chi connectivity index (χ1v) is 7.82. The molecule has 0 saturated heterocycles. The summed E-state index contributed by atoms with van der Waals surface area (Å²) in [5.41, 5.74) is 6.48. The summed E-state index contributed by atoms with van der Waals surface area (Å²) < 4.78 is 0.969. The maximum atomic E-state index is 10.7. The number of rotatable bonds is 3. The Balaban J connectivity index is 1.85. The van der Waals surface area contributed by atoms with Crippen LogP contribution in [0.15, 0.2) is 57.0 Å². The van der Waals surface area contributed by atoms with Gasteiger partial charge in [0.25, 0.3) is 5.69 Å². The van der Waals surface area contributed by atoms with E-state index in [1.54, 1.807) is 12.1 Å². The zero-order chi connectivity index (χ0) is 16.2. The molecule has 0 aromatic heterocycles. The van der Waals surface area contributed by atoms with Crippen molar-refractivity contribution in [2.75, 3.05) is 5.43 Å². The van der Waals surface area contributed by atoms with E-state index in [9.17, 15) is 10.1 Å². The van der Waals surface area contributed by atoms with Gasteiger partial charge in [-0.1, -0.05) is 15.9 Å². The minimum atomic E-state index is -0.425. The minimum Gasteiger partial charge on any atom is -0.278 e. The number of nitrogens with one attached hydrogen (secondary N) is 1. The van der Waals surface area contributed by atoms with Crippen molar-refractivity contribution in [3.05, 3.63) is 62.6 Å². The van der Waals surface area contributed by atoms with Crippen LogP contribution in [0.3, 0.4) is 0 Å². The summed E-state index contributed by atoms with van der Waals surface area (Å²) in [4.78, 5) is 14.7. The van der Waals surface area contributed by atoms with Crippen LogP contribution in [-0.2, 0) is 0 Å². The van der Waals surface area contributed by atoms with Crippen molar-refractivity contribution < 1.29 is 4.92 Å². The van der Waals surface area contributed by atoms with Gasteiger partial charge in [0, 0.05) is 28.4 Å². The van der Waals surface area contributed by atoms with Gasteiger partial charge in [-0.15, -0.1) is 0 Å². The Morgan fingerprint density at radius 3 is 2.74 bits per heavy atom. The maximum absolute atomic E-state index is 10.7. The molecule has 0 fully saturated rings. The average Bonchev–Trinajstić information content (AvgIpc) is 2.75. The van der Waals surface area contributed by atoms with Gasteiger partial charge >= 0.3 is 0 Å². The molecule has 0 aliphatic carbocycles. The van der Waals surface area contributed by atoms with E-state index in [0.29, 0.717) is 5.69 Å². The molecule has 0 bridgehead atoms. The molecule has 0 radical (unpaired) electrons. The third kappa shape index (κ3) is 3.62. The SMILES string of the molecule is O=[N+]([O-])c1ccc(NN=C2CCC=Nc3ccc(Br)cc32)cc1. The summed E-state index contributed by atoms with van der Waals surface area (Å²) in [6, 6.07) is 12.1. The Bertz CT molecular complexity index is 800. The van der Waals surface area contributed by atoms with Crippen molar-refractivity contribution >= 4 is 44.9 Å². The summed E-state index contributed by atoms with van der Waals surface area (Å²) in [7, 11) is 0. The first-order valence-electron chi connectivity index (χ1n) is 7.03. The number of nitro benzene ring substituents is 1. The highest BCUT2D eigenvalue weighted by Crippen LogP contribution is 2.27. The van der Waals surface area contributed by atoms with Crippen LogP contribution in [0.4, 0.5) is 17.1 Å². The maximum Gasteiger partial charge on any atom is 0.269 e. The van der Waals surface area contributed by atoms with Crippen molar-refractivity contribution in [2.45, 2.75) is 12.8 Å². The number of fused-ring (bicyclic) bond motifs is 1. The highest BCUT2D eigenvalue weighted by Gasteiger charge is 2.12. The van der Waals surface area contributed by atoms with Gasteiger partial charge in [-0.3, -0.25) is 20.5 Å². The fraction of sp³-hybridized carbons (Fsp3) is 0.125.